The zero-order valence-corrected chi connectivity index (χ0v) is 20.8. The second-order valence-corrected chi connectivity index (χ2v) is 9.28. The van der Waals surface area contributed by atoms with E-state index in [-0.39, 0.29) is 17.6 Å². The van der Waals surface area contributed by atoms with Gasteiger partial charge in [-0.3, -0.25) is 19.5 Å². The van der Waals surface area contributed by atoms with E-state index < -0.39 is 11.9 Å². The molecule has 0 saturated heterocycles. The van der Waals surface area contributed by atoms with Gasteiger partial charge in [0.05, 0.1) is 19.0 Å². The van der Waals surface area contributed by atoms with Gasteiger partial charge in [0.15, 0.2) is 0 Å². The Morgan fingerprint density at radius 1 is 0.946 bits per heavy atom. The quantitative estimate of drug-likeness (QED) is 0.368. The average Bonchev–Trinajstić information content (AvgIpc) is 2.96. The Balaban J connectivity index is 1.67. The number of aromatic nitrogens is 2. The number of carbonyl (C=O) groups is 2. The van der Waals surface area contributed by atoms with Gasteiger partial charge >= 0.3 is 0 Å². The Labute approximate surface area is 216 Å². The predicted molar refractivity (Wildman–Crippen MR) is 144 cm³/mol. The molecule has 1 saturated carbocycles. The van der Waals surface area contributed by atoms with Crippen molar-refractivity contribution in [3.05, 3.63) is 96.6 Å². The molecule has 0 aliphatic heterocycles. The van der Waals surface area contributed by atoms with E-state index in [2.05, 4.69) is 15.3 Å². The molecule has 37 heavy (non-hydrogen) atoms. The van der Waals surface area contributed by atoms with Crippen molar-refractivity contribution < 1.29 is 14.3 Å². The number of methoxy groups -OCH3 is 1. The number of fused-ring (bicyclic) bond motifs is 1. The first kappa shape index (κ1) is 24.4. The maximum Gasteiger partial charge on any atom is 0.279 e. The highest BCUT2D eigenvalue weighted by Crippen LogP contribution is 2.35. The minimum atomic E-state index is -0.923. The van der Waals surface area contributed by atoms with E-state index in [1.54, 1.807) is 12.0 Å². The summed E-state index contributed by atoms with van der Waals surface area (Å²) in [6.45, 7) is 0. The summed E-state index contributed by atoms with van der Waals surface area (Å²) in [7, 11) is 1.60. The minimum absolute atomic E-state index is 0.0861. The van der Waals surface area contributed by atoms with Crippen LogP contribution in [0.1, 0.15) is 54.2 Å². The van der Waals surface area contributed by atoms with Crippen molar-refractivity contribution in [1.29, 1.82) is 0 Å². The highest BCUT2D eigenvalue weighted by molar-refractivity contribution is 6.13. The third-order valence-corrected chi connectivity index (χ3v) is 6.92. The van der Waals surface area contributed by atoms with Crippen molar-refractivity contribution in [2.24, 2.45) is 0 Å². The number of nitrogens with one attached hydrogen (secondary N) is 1. The van der Waals surface area contributed by atoms with Crippen LogP contribution in [0, 0.1) is 0 Å². The molecule has 1 aromatic heterocycles. The summed E-state index contributed by atoms with van der Waals surface area (Å²) in [6.07, 6.45) is 9.68. The van der Waals surface area contributed by atoms with Crippen molar-refractivity contribution in [2.75, 3.05) is 12.0 Å². The summed E-state index contributed by atoms with van der Waals surface area (Å²) in [5.74, 6) is 0.0541. The Morgan fingerprint density at radius 2 is 1.70 bits per heavy atom. The molecular weight excluding hydrogens is 464 g/mol. The molecule has 0 spiro atoms. The molecule has 1 aliphatic carbocycles. The van der Waals surface area contributed by atoms with E-state index in [4.69, 9.17) is 4.74 Å². The molecule has 1 N–H and O–H groups in total. The van der Waals surface area contributed by atoms with Crippen molar-refractivity contribution in [2.45, 2.75) is 44.2 Å². The lowest BCUT2D eigenvalue weighted by Gasteiger charge is -2.34. The maximum atomic E-state index is 14.1. The maximum absolute atomic E-state index is 14.1. The first-order valence-corrected chi connectivity index (χ1v) is 12.7. The van der Waals surface area contributed by atoms with Crippen LogP contribution in [0.4, 0.5) is 5.69 Å². The standard InChI is InChI=1S/C30H30N4O3/c1-37-24-16-14-22(15-17-24)28(29(35)33-23-10-3-2-4-11-23)34(30(36)26-20-31-18-19-32-26)27-13-7-9-21-8-5-6-12-25(21)27/h5-9,12-20,23,28H,2-4,10-11H2,1H3,(H,33,35)/t28-/m1/s1. The lowest BCUT2D eigenvalue weighted by atomic mass is 9.94. The summed E-state index contributed by atoms with van der Waals surface area (Å²) in [6, 6.07) is 20.1. The third kappa shape index (κ3) is 5.31. The first-order valence-electron chi connectivity index (χ1n) is 12.7. The van der Waals surface area contributed by atoms with Gasteiger partial charge in [-0.25, -0.2) is 4.98 Å². The predicted octanol–water partition coefficient (Wildman–Crippen LogP) is 5.48. The van der Waals surface area contributed by atoms with Crippen LogP contribution in [0.15, 0.2) is 85.3 Å². The van der Waals surface area contributed by atoms with Crippen molar-refractivity contribution in [1.82, 2.24) is 15.3 Å². The van der Waals surface area contributed by atoms with Gasteiger partial charge in [-0.15, -0.1) is 0 Å². The van der Waals surface area contributed by atoms with Gasteiger partial charge in [-0.05, 0) is 42.0 Å². The molecule has 188 valence electrons. The second-order valence-electron chi connectivity index (χ2n) is 9.28. The number of anilines is 1. The van der Waals surface area contributed by atoms with Crippen LogP contribution >= 0.6 is 0 Å². The number of carbonyl (C=O) groups excluding carboxylic acids is 2. The highest BCUT2D eigenvalue weighted by Gasteiger charge is 2.36. The molecule has 3 aromatic carbocycles. The summed E-state index contributed by atoms with van der Waals surface area (Å²) in [5, 5.41) is 5.09. The summed E-state index contributed by atoms with van der Waals surface area (Å²) < 4.78 is 5.35. The van der Waals surface area contributed by atoms with Crippen molar-refractivity contribution >= 4 is 28.3 Å². The van der Waals surface area contributed by atoms with Crippen LogP contribution in [0.25, 0.3) is 10.8 Å². The molecule has 5 rings (SSSR count). The van der Waals surface area contributed by atoms with Crippen molar-refractivity contribution in [3.8, 4) is 5.75 Å². The van der Waals surface area contributed by atoms with Gasteiger partial charge in [0.25, 0.3) is 5.91 Å². The van der Waals surface area contributed by atoms with Gasteiger partial charge in [-0.1, -0.05) is 67.8 Å². The summed E-state index contributed by atoms with van der Waals surface area (Å²) >= 11 is 0. The van der Waals surface area contributed by atoms with Gasteiger partial charge < -0.3 is 10.1 Å². The van der Waals surface area contributed by atoms with Gasteiger partial charge in [-0.2, -0.15) is 0 Å². The van der Waals surface area contributed by atoms with Crippen LogP contribution < -0.4 is 15.0 Å². The molecular formula is C30H30N4O3. The van der Waals surface area contributed by atoms with Crippen molar-refractivity contribution in [3.63, 3.8) is 0 Å². The molecule has 1 atom stereocenters. The highest BCUT2D eigenvalue weighted by atomic mass is 16.5. The molecule has 7 nitrogen and oxygen atoms in total. The molecule has 1 fully saturated rings. The van der Waals surface area contributed by atoms with Crippen LogP contribution in [-0.2, 0) is 4.79 Å². The van der Waals surface area contributed by atoms with E-state index >= 15 is 0 Å². The number of rotatable bonds is 7. The lowest BCUT2D eigenvalue weighted by Crippen LogP contribution is -2.47. The van der Waals surface area contributed by atoms with E-state index in [9.17, 15) is 9.59 Å². The Bertz CT molecular complexity index is 1360. The second kappa shape index (κ2) is 11.2. The molecule has 4 aromatic rings. The number of nitrogens with zero attached hydrogens (tertiary/aromatic N) is 3. The minimum Gasteiger partial charge on any atom is -0.497 e. The molecule has 1 aliphatic rings. The van der Waals surface area contributed by atoms with Gasteiger partial charge in [0.2, 0.25) is 5.91 Å². The Hall–Kier alpha value is -4.26. The molecule has 1 heterocycles. The van der Waals surface area contributed by atoms with E-state index in [0.29, 0.717) is 17.0 Å². The number of hydrogen-bond acceptors (Lipinski definition) is 5. The van der Waals surface area contributed by atoms with E-state index in [0.717, 1.165) is 36.5 Å². The molecule has 7 heteroatoms. The monoisotopic (exact) mass is 494 g/mol. The number of amides is 2. The smallest absolute Gasteiger partial charge is 0.279 e. The zero-order chi connectivity index (χ0) is 25.6. The normalized spacial score (nSPS) is 14.6. The Morgan fingerprint density at radius 3 is 2.43 bits per heavy atom. The molecule has 0 bridgehead atoms. The van der Waals surface area contributed by atoms with E-state index in [1.165, 1.54) is 25.0 Å². The molecule has 2 amide bonds. The largest absolute Gasteiger partial charge is 0.497 e. The summed E-state index contributed by atoms with van der Waals surface area (Å²) in [5.41, 5.74) is 1.48. The topological polar surface area (TPSA) is 84.4 Å². The Kier molecular flexibility index (Phi) is 7.40. The average molecular weight is 495 g/mol. The fourth-order valence-electron chi connectivity index (χ4n) is 5.05. The first-order chi connectivity index (χ1) is 18.2. The van der Waals surface area contributed by atoms with Crippen LogP contribution in [0.3, 0.4) is 0 Å². The fraction of sp³-hybridized carbons (Fsp3) is 0.267. The van der Waals surface area contributed by atoms with Gasteiger partial charge in [0.1, 0.15) is 17.5 Å². The molecule has 0 unspecified atom stereocenters. The van der Waals surface area contributed by atoms with Crippen LogP contribution in [0.5, 0.6) is 5.75 Å². The zero-order valence-electron chi connectivity index (χ0n) is 20.8. The van der Waals surface area contributed by atoms with E-state index in [1.807, 2.05) is 66.7 Å². The summed E-state index contributed by atoms with van der Waals surface area (Å²) in [4.78, 5) is 38.2. The lowest BCUT2D eigenvalue weighted by molar-refractivity contribution is -0.123. The number of ether oxygens (including phenoxy) is 1. The van der Waals surface area contributed by atoms with Crippen LogP contribution in [0.2, 0.25) is 0 Å². The molecule has 0 radical (unpaired) electrons. The van der Waals surface area contributed by atoms with Gasteiger partial charge in [0, 0.05) is 23.8 Å². The number of hydrogen-bond donors (Lipinski definition) is 1. The SMILES string of the molecule is COc1ccc([C@H](C(=O)NC2CCCCC2)N(C(=O)c2cnccn2)c2cccc3ccccc23)cc1. The number of benzene rings is 3. The van der Waals surface area contributed by atoms with Crippen LogP contribution in [-0.4, -0.2) is 34.9 Å². The third-order valence-electron chi connectivity index (χ3n) is 6.92. The fourth-order valence-corrected chi connectivity index (χ4v) is 5.05.